The lowest BCUT2D eigenvalue weighted by Gasteiger charge is -2.62. The van der Waals surface area contributed by atoms with Gasteiger partial charge in [-0.25, -0.2) is 0 Å². The van der Waals surface area contributed by atoms with Crippen LogP contribution in [0.5, 0.6) is 0 Å². The Balaban J connectivity index is 1.77. The number of rotatable bonds is 3. The van der Waals surface area contributed by atoms with E-state index in [1.165, 1.54) is 5.57 Å². The van der Waals surface area contributed by atoms with E-state index in [4.69, 9.17) is 4.74 Å². The highest BCUT2D eigenvalue weighted by atomic mass is 16.6. The Morgan fingerprint density at radius 1 is 1.16 bits per heavy atom. The van der Waals surface area contributed by atoms with Crippen molar-refractivity contribution in [3.05, 3.63) is 11.6 Å². The van der Waals surface area contributed by atoms with Crippen molar-refractivity contribution in [1.82, 2.24) is 4.90 Å². The number of ether oxygens (including phenoxy) is 1. The van der Waals surface area contributed by atoms with Crippen LogP contribution in [0.25, 0.3) is 0 Å². The van der Waals surface area contributed by atoms with Gasteiger partial charge in [0.15, 0.2) is 0 Å². The number of allylic oxidation sites excluding steroid dienone is 1. The first kappa shape index (κ1) is 16.8. The molecule has 2 bridgehead atoms. The molecule has 1 saturated heterocycles. The van der Waals surface area contributed by atoms with E-state index in [2.05, 4.69) is 13.8 Å². The van der Waals surface area contributed by atoms with Gasteiger partial charge in [0.2, 0.25) is 5.91 Å². The fourth-order valence-electron chi connectivity index (χ4n) is 5.87. The van der Waals surface area contributed by atoms with Crippen LogP contribution in [-0.4, -0.2) is 35.8 Å². The maximum atomic E-state index is 13.1. The molecular formula is C20H27NO4. The highest BCUT2D eigenvalue weighted by molar-refractivity contribution is 6.00. The second-order valence-electron chi connectivity index (χ2n) is 8.64. The van der Waals surface area contributed by atoms with E-state index in [-0.39, 0.29) is 17.2 Å². The first-order valence-electron chi connectivity index (χ1n) is 9.57. The SMILES string of the molecule is CCN(CC)C(=O)[C@@H]1C=C2[C@@H](C[C@@H]3C[C@@H]2C3(C)C)[C@H]2C(=O)OC(=O)[C@@H]21. The molecule has 0 spiro atoms. The van der Waals surface area contributed by atoms with Crippen LogP contribution in [0.4, 0.5) is 0 Å². The van der Waals surface area contributed by atoms with Gasteiger partial charge < -0.3 is 9.64 Å². The Hall–Kier alpha value is -1.65. The summed E-state index contributed by atoms with van der Waals surface area (Å²) >= 11 is 0. The summed E-state index contributed by atoms with van der Waals surface area (Å²) in [7, 11) is 0. The molecular weight excluding hydrogens is 318 g/mol. The molecule has 0 aromatic heterocycles. The Morgan fingerprint density at radius 2 is 1.80 bits per heavy atom. The number of nitrogens with zero attached hydrogens (tertiary/aromatic N) is 1. The summed E-state index contributed by atoms with van der Waals surface area (Å²) in [6.07, 6.45) is 4.13. The van der Waals surface area contributed by atoms with Crippen LogP contribution in [0.1, 0.15) is 40.5 Å². The monoisotopic (exact) mass is 345 g/mol. The van der Waals surface area contributed by atoms with Crippen LogP contribution < -0.4 is 0 Å². The number of fused-ring (bicyclic) bond motifs is 1. The Morgan fingerprint density at radius 3 is 2.40 bits per heavy atom. The van der Waals surface area contributed by atoms with E-state index in [0.29, 0.717) is 24.9 Å². The van der Waals surface area contributed by atoms with Crippen LogP contribution in [-0.2, 0) is 19.1 Å². The number of amides is 1. The molecule has 1 aliphatic heterocycles. The topological polar surface area (TPSA) is 63.7 Å². The largest absolute Gasteiger partial charge is 0.393 e. The lowest BCUT2D eigenvalue weighted by atomic mass is 9.42. The van der Waals surface area contributed by atoms with E-state index in [9.17, 15) is 14.4 Å². The van der Waals surface area contributed by atoms with Crippen molar-refractivity contribution in [2.75, 3.05) is 13.1 Å². The molecule has 1 amide bonds. The molecule has 3 saturated carbocycles. The summed E-state index contributed by atoms with van der Waals surface area (Å²) in [6, 6.07) is 0. The second-order valence-corrected chi connectivity index (χ2v) is 8.64. The third-order valence-electron chi connectivity index (χ3n) is 7.52. The average molecular weight is 345 g/mol. The smallest absolute Gasteiger partial charge is 0.318 e. The van der Waals surface area contributed by atoms with Gasteiger partial charge in [-0.1, -0.05) is 25.5 Å². The first-order chi connectivity index (χ1) is 11.8. The van der Waals surface area contributed by atoms with Gasteiger partial charge in [-0.2, -0.15) is 0 Å². The standard InChI is InChI=1S/C20H27NO4/c1-5-21(6-2)17(22)13-9-11-12(7-10-8-14(11)20(10,3)4)15-16(13)19(24)25-18(15)23/h9-10,12-16H,5-8H2,1-4H3/t10-,12-,13-,14+,15-,16-/m1/s1. The van der Waals surface area contributed by atoms with Crippen LogP contribution in [0.15, 0.2) is 11.6 Å². The average Bonchev–Trinajstić information content (AvgIpc) is 2.89. The van der Waals surface area contributed by atoms with E-state index < -0.39 is 29.7 Å². The van der Waals surface area contributed by atoms with Gasteiger partial charge in [-0.05, 0) is 49.9 Å². The van der Waals surface area contributed by atoms with Gasteiger partial charge in [0, 0.05) is 13.1 Å². The normalized spacial score (nSPS) is 40.4. The Bertz CT molecular complexity index is 675. The molecule has 1 heterocycles. The van der Waals surface area contributed by atoms with Crippen LogP contribution >= 0.6 is 0 Å². The van der Waals surface area contributed by atoms with Crippen molar-refractivity contribution in [3.8, 4) is 0 Å². The molecule has 0 N–H and O–H groups in total. The first-order valence-corrected chi connectivity index (χ1v) is 9.57. The van der Waals surface area contributed by atoms with E-state index in [1.807, 2.05) is 19.9 Å². The van der Waals surface area contributed by atoms with Crippen molar-refractivity contribution in [1.29, 1.82) is 0 Å². The lowest BCUT2D eigenvalue weighted by Crippen LogP contribution is -2.56. The highest BCUT2D eigenvalue weighted by Gasteiger charge is 2.64. The van der Waals surface area contributed by atoms with Crippen molar-refractivity contribution in [2.45, 2.75) is 40.5 Å². The fraction of sp³-hybridized carbons (Fsp3) is 0.750. The van der Waals surface area contributed by atoms with Crippen molar-refractivity contribution >= 4 is 17.8 Å². The van der Waals surface area contributed by atoms with Gasteiger partial charge in [-0.3, -0.25) is 14.4 Å². The number of cyclic esters (lactones) is 2. The Labute approximate surface area is 148 Å². The molecule has 4 aliphatic carbocycles. The molecule has 5 heteroatoms. The maximum absolute atomic E-state index is 13.1. The van der Waals surface area contributed by atoms with Gasteiger partial charge >= 0.3 is 11.9 Å². The molecule has 136 valence electrons. The predicted octanol–water partition coefficient (Wildman–Crippen LogP) is 2.41. The number of carbonyl (C=O) groups excluding carboxylic acids is 3. The minimum Gasteiger partial charge on any atom is -0.393 e. The second kappa shape index (κ2) is 5.42. The lowest BCUT2D eigenvalue weighted by molar-refractivity contribution is -0.155. The Kier molecular flexibility index (Phi) is 3.64. The molecule has 5 aliphatic rings. The summed E-state index contributed by atoms with van der Waals surface area (Å²) in [5.41, 5.74) is 1.47. The minimum atomic E-state index is -0.630. The maximum Gasteiger partial charge on any atom is 0.318 e. The summed E-state index contributed by atoms with van der Waals surface area (Å²) in [4.78, 5) is 39.7. The molecule has 5 rings (SSSR count). The number of carbonyl (C=O) groups is 3. The molecule has 0 aromatic carbocycles. The third kappa shape index (κ3) is 2.10. The van der Waals surface area contributed by atoms with Gasteiger partial charge in [0.1, 0.15) is 0 Å². The van der Waals surface area contributed by atoms with Gasteiger partial charge in [-0.15, -0.1) is 0 Å². The highest BCUT2D eigenvalue weighted by Crippen LogP contribution is 2.66. The fourth-order valence-corrected chi connectivity index (χ4v) is 5.87. The predicted molar refractivity (Wildman–Crippen MR) is 91.1 cm³/mol. The zero-order valence-electron chi connectivity index (χ0n) is 15.5. The zero-order chi connectivity index (χ0) is 18.1. The van der Waals surface area contributed by atoms with Crippen LogP contribution in [0.2, 0.25) is 0 Å². The van der Waals surface area contributed by atoms with Gasteiger partial charge in [0.25, 0.3) is 0 Å². The molecule has 4 fully saturated rings. The molecule has 5 nitrogen and oxygen atoms in total. The number of hydrogen-bond acceptors (Lipinski definition) is 4. The summed E-state index contributed by atoms with van der Waals surface area (Å²) < 4.78 is 5.00. The third-order valence-corrected chi connectivity index (χ3v) is 7.52. The summed E-state index contributed by atoms with van der Waals surface area (Å²) in [5, 5.41) is 0. The molecule has 6 atom stereocenters. The van der Waals surface area contributed by atoms with Crippen molar-refractivity contribution < 1.29 is 19.1 Å². The van der Waals surface area contributed by atoms with E-state index in [0.717, 1.165) is 12.8 Å². The molecule has 0 unspecified atom stereocenters. The molecule has 25 heavy (non-hydrogen) atoms. The quantitative estimate of drug-likeness (QED) is 0.448. The minimum absolute atomic E-state index is 0.0446. The number of esters is 2. The molecule has 0 radical (unpaired) electrons. The van der Waals surface area contributed by atoms with Crippen LogP contribution in [0, 0.1) is 40.9 Å². The molecule has 0 aromatic rings. The van der Waals surface area contributed by atoms with Gasteiger partial charge in [0.05, 0.1) is 17.8 Å². The van der Waals surface area contributed by atoms with Crippen LogP contribution in [0.3, 0.4) is 0 Å². The van der Waals surface area contributed by atoms with Crippen molar-refractivity contribution in [2.24, 2.45) is 40.9 Å². The summed E-state index contributed by atoms with van der Waals surface area (Å²) in [5.74, 6) is -1.50. The zero-order valence-corrected chi connectivity index (χ0v) is 15.5. The van der Waals surface area contributed by atoms with Crippen molar-refractivity contribution in [3.63, 3.8) is 0 Å². The summed E-state index contributed by atoms with van der Waals surface area (Å²) in [6.45, 7) is 9.67. The van der Waals surface area contributed by atoms with E-state index >= 15 is 0 Å². The van der Waals surface area contributed by atoms with E-state index in [1.54, 1.807) is 4.90 Å². The number of hydrogen-bond donors (Lipinski definition) is 0.